The maximum absolute atomic E-state index is 11.9. The number of rotatable bonds is 5. The van der Waals surface area contributed by atoms with Crippen molar-refractivity contribution in [2.24, 2.45) is 0 Å². The minimum Gasteiger partial charge on any atom is -0.481 e. The molecule has 0 bridgehead atoms. The normalized spacial score (nSPS) is 10.9. The van der Waals surface area contributed by atoms with Gasteiger partial charge in [-0.3, -0.25) is 9.59 Å². The van der Waals surface area contributed by atoms with Gasteiger partial charge >= 0.3 is 5.97 Å². The maximum Gasteiger partial charge on any atom is 0.303 e. The predicted octanol–water partition coefficient (Wildman–Crippen LogP) is 4.68. The molecule has 0 radical (unpaired) electrons. The average Bonchev–Trinajstić information content (AvgIpc) is 3.10. The van der Waals surface area contributed by atoms with Gasteiger partial charge in [0.25, 0.3) is 0 Å². The summed E-state index contributed by atoms with van der Waals surface area (Å²) in [6, 6.07) is 11.9. The maximum atomic E-state index is 11.9. The quantitative estimate of drug-likeness (QED) is 0.695. The molecule has 0 aliphatic heterocycles. The fourth-order valence-electron chi connectivity index (χ4n) is 2.14. The molecule has 2 aromatic heterocycles. The summed E-state index contributed by atoms with van der Waals surface area (Å²) in [6.07, 6.45) is -0.0624. The number of Topliss-reactive ketones (excluding diaryl/α,β-unsaturated/α-hetero) is 1. The second-order valence-corrected chi connectivity index (χ2v) is 6.62. The summed E-state index contributed by atoms with van der Waals surface area (Å²) >= 11 is 3.11. The highest BCUT2D eigenvalue weighted by molar-refractivity contribution is 7.20. The first-order valence-electron chi connectivity index (χ1n) is 6.46. The highest BCUT2D eigenvalue weighted by Gasteiger charge is 2.13. The van der Waals surface area contributed by atoms with Gasteiger partial charge in [0.1, 0.15) is 0 Å². The number of benzene rings is 1. The van der Waals surface area contributed by atoms with E-state index in [1.165, 1.54) is 21.4 Å². The molecule has 0 amide bonds. The van der Waals surface area contributed by atoms with Crippen molar-refractivity contribution in [3.05, 3.63) is 46.7 Å². The Morgan fingerprint density at radius 1 is 1.05 bits per heavy atom. The lowest BCUT2D eigenvalue weighted by atomic mass is 10.1. The minimum atomic E-state index is -0.941. The summed E-state index contributed by atoms with van der Waals surface area (Å²) in [7, 11) is 0. The van der Waals surface area contributed by atoms with Crippen LogP contribution in [-0.2, 0) is 4.79 Å². The Labute approximate surface area is 129 Å². The third kappa shape index (κ3) is 2.89. The van der Waals surface area contributed by atoms with E-state index in [4.69, 9.17) is 5.11 Å². The van der Waals surface area contributed by atoms with Crippen LogP contribution < -0.4 is 0 Å². The van der Waals surface area contributed by atoms with Crippen molar-refractivity contribution in [3.63, 3.8) is 0 Å². The fourth-order valence-corrected chi connectivity index (χ4v) is 4.18. The predicted molar refractivity (Wildman–Crippen MR) is 86.3 cm³/mol. The zero-order chi connectivity index (χ0) is 14.8. The Kier molecular flexibility index (Phi) is 3.86. The van der Waals surface area contributed by atoms with E-state index in [0.717, 1.165) is 10.4 Å². The summed E-state index contributed by atoms with van der Waals surface area (Å²) in [6.45, 7) is 0. The molecule has 0 unspecified atom stereocenters. The number of carboxylic acids is 1. The number of carbonyl (C=O) groups excluding carboxylic acids is 1. The van der Waals surface area contributed by atoms with Crippen LogP contribution in [0.3, 0.4) is 0 Å². The Balaban J connectivity index is 1.88. The van der Waals surface area contributed by atoms with Crippen LogP contribution in [0.4, 0.5) is 0 Å². The third-order valence-corrected chi connectivity index (χ3v) is 5.32. The Morgan fingerprint density at radius 2 is 1.86 bits per heavy atom. The zero-order valence-electron chi connectivity index (χ0n) is 11.0. The molecule has 3 nitrogen and oxygen atoms in total. The number of thiophene rings is 2. The molecule has 0 fully saturated rings. The molecule has 0 saturated heterocycles. The number of ketones is 1. The summed E-state index contributed by atoms with van der Waals surface area (Å²) < 4.78 is 1.22. The molecule has 5 heteroatoms. The van der Waals surface area contributed by atoms with Crippen LogP contribution in [0, 0.1) is 0 Å². The molecule has 0 saturated carbocycles. The molecule has 0 aliphatic carbocycles. The fraction of sp³-hybridized carbons (Fsp3) is 0.125. The summed E-state index contributed by atoms with van der Waals surface area (Å²) in [4.78, 5) is 24.1. The van der Waals surface area contributed by atoms with Crippen molar-refractivity contribution in [1.29, 1.82) is 0 Å². The zero-order valence-corrected chi connectivity index (χ0v) is 12.7. The monoisotopic (exact) mass is 316 g/mol. The lowest BCUT2D eigenvalue weighted by molar-refractivity contribution is -0.136. The van der Waals surface area contributed by atoms with E-state index in [1.54, 1.807) is 17.4 Å². The topological polar surface area (TPSA) is 54.4 Å². The first-order valence-corrected chi connectivity index (χ1v) is 8.16. The Morgan fingerprint density at radius 3 is 2.67 bits per heavy atom. The summed E-state index contributed by atoms with van der Waals surface area (Å²) in [5.41, 5.74) is 1.14. The second kappa shape index (κ2) is 5.79. The van der Waals surface area contributed by atoms with E-state index < -0.39 is 5.97 Å². The molecule has 2 heterocycles. The number of fused-ring (bicyclic) bond motifs is 1. The number of hydrogen-bond acceptors (Lipinski definition) is 4. The number of carbonyl (C=O) groups is 2. The van der Waals surface area contributed by atoms with Crippen LogP contribution in [0.2, 0.25) is 0 Å². The molecular weight excluding hydrogens is 304 g/mol. The smallest absolute Gasteiger partial charge is 0.303 e. The lowest BCUT2D eigenvalue weighted by Gasteiger charge is -1.96. The van der Waals surface area contributed by atoms with Crippen LogP contribution in [0.15, 0.2) is 41.8 Å². The van der Waals surface area contributed by atoms with Gasteiger partial charge in [0.2, 0.25) is 0 Å². The highest BCUT2D eigenvalue weighted by atomic mass is 32.1. The van der Waals surface area contributed by atoms with Crippen molar-refractivity contribution >= 4 is 44.5 Å². The largest absolute Gasteiger partial charge is 0.481 e. The second-order valence-electron chi connectivity index (χ2n) is 4.63. The molecule has 3 aromatic rings. The van der Waals surface area contributed by atoms with Gasteiger partial charge in [-0.2, -0.15) is 0 Å². The molecule has 1 aromatic carbocycles. The molecule has 0 spiro atoms. The summed E-state index contributed by atoms with van der Waals surface area (Å²) in [5.74, 6) is -1.04. The minimum absolute atomic E-state index is 0.0552. The van der Waals surface area contributed by atoms with E-state index in [1.807, 2.05) is 18.2 Å². The Bertz CT molecular complexity index is 814. The van der Waals surface area contributed by atoms with Gasteiger partial charge in [-0.05, 0) is 18.2 Å². The standard InChI is InChI=1S/C16H12O3S2/c17-12(5-8-16(18)19)15-7-6-14(21-15)11-9-20-13-4-2-1-3-10(11)13/h1-4,6-7,9H,5,8H2,(H,18,19). The number of aliphatic carboxylic acids is 1. The lowest BCUT2D eigenvalue weighted by Crippen LogP contribution is -2.01. The van der Waals surface area contributed by atoms with Crippen LogP contribution in [0.25, 0.3) is 20.5 Å². The highest BCUT2D eigenvalue weighted by Crippen LogP contribution is 2.37. The molecule has 106 valence electrons. The van der Waals surface area contributed by atoms with Crippen molar-refractivity contribution in [2.45, 2.75) is 12.8 Å². The van der Waals surface area contributed by atoms with Gasteiger partial charge in [0.15, 0.2) is 5.78 Å². The van der Waals surface area contributed by atoms with Gasteiger partial charge in [-0.1, -0.05) is 18.2 Å². The van der Waals surface area contributed by atoms with Crippen molar-refractivity contribution < 1.29 is 14.7 Å². The molecule has 3 rings (SSSR count). The van der Waals surface area contributed by atoms with Gasteiger partial charge in [-0.25, -0.2) is 0 Å². The van der Waals surface area contributed by atoms with E-state index in [-0.39, 0.29) is 18.6 Å². The summed E-state index contributed by atoms with van der Waals surface area (Å²) in [5, 5.41) is 11.9. The number of hydrogen-bond donors (Lipinski definition) is 1. The van der Waals surface area contributed by atoms with Crippen LogP contribution in [-0.4, -0.2) is 16.9 Å². The van der Waals surface area contributed by atoms with Crippen molar-refractivity contribution in [3.8, 4) is 10.4 Å². The van der Waals surface area contributed by atoms with E-state index in [0.29, 0.717) is 4.88 Å². The molecule has 1 N–H and O–H groups in total. The molecular formula is C16H12O3S2. The van der Waals surface area contributed by atoms with E-state index in [9.17, 15) is 9.59 Å². The molecule has 0 aliphatic rings. The van der Waals surface area contributed by atoms with Gasteiger partial charge < -0.3 is 5.11 Å². The van der Waals surface area contributed by atoms with Crippen molar-refractivity contribution in [2.75, 3.05) is 0 Å². The van der Waals surface area contributed by atoms with E-state index >= 15 is 0 Å². The number of carboxylic acid groups (broad SMARTS) is 1. The molecule has 0 atom stereocenters. The molecule has 21 heavy (non-hydrogen) atoms. The van der Waals surface area contributed by atoms with E-state index in [2.05, 4.69) is 17.5 Å². The van der Waals surface area contributed by atoms with Gasteiger partial charge in [0, 0.05) is 32.3 Å². The van der Waals surface area contributed by atoms with Gasteiger partial charge in [-0.15, -0.1) is 22.7 Å². The first-order chi connectivity index (χ1) is 10.1. The SMILES string of the molecule is O=C(O)CCC(=O)c1ccc(-c2csc3ccccc23)s1. The van der Waals surface area contributed by atoms with Gasteiger partial charge in [0.05, 0.1) is 11.3 Å². The Hall–Kier alpha value is -1.98. The van der Waals surface area contributed by atoms with Crippen LogP contribution in [0.1, 0.15) is 22.5 Å². The van der Waals surface area contributed by atoms with Crippen molar-refractivity contribution in [1.82, 2.24) is 0 Å². The first kappa shape index (κ1) is 14.0. The van der Waals surface area contributed by atoms with Crippen LogP contribution in [0.5, 0.6) is 0 Å². The third-order valence-electron chi connectivity index (χ3n) is 3.19. The van der Waals surface area contributed by atoms with Crippen LogP contribution >= 0.6 is 22.7 Å². The average molecular weight is 316 g/mol.